The maximum atomic E-state index is 6.06. The quantitative estimate of drug-likeness (QED) is 0.914. The molecule has 3 heteroatoms. The summed E-state index contributed by atoms with van der Waals surface area (Å²) in [6.45, 7) is 9.83. The molecule has 1 saturated heterocycles. The number of likely N-dealkylation sites (tertiary alicyclic amines) is 1. The van der Waals surface area contributed by atoms with Gasteiger partial charge in [0.05, 0.1) is 0 Å². The summed E-state index contributed by atoms with van der Waals surface area (Å²) in [5.74, 6) is 0. The van der Waals surface area contributed by atoms with Crippen LogP contribution >= 0.6 is 15.9 Å². The van der Waals surface area contributed by atoms with Crippen LogP contribution in [0.3, 0.4) is 0 Å². The second kappa shape index (κ2) is 5.94. The van der Waals surface area contributed by atoms with Crippen molar-refractivity contribution >= 4 is 15.9 Å². The van der Waals surface area contributed by atoms with Gasteiger partial charge in [0.25, 0.3) is 0 Å². The van der Waals surface area contributed by atoms with Gasteiger partial charge in [-0.1, -0.05) is 41.9 Å². The molecule has 1 aliphatic heterocycles. The Bertz CT molecular complexity index is 442. The molecule has 1 aromatic rings. The number of halogens is 1. The highest BCUT2D eigenvalue weighted by Gasteiger charge is 2.30. The second-order valence-electron chi connectivity index (χ2n) is 6.50. The van der Waals surface area contributed by atoms with Gasteiger partial charge in [-0.15, -0.1) is 0 Å². The van der Waals surface area contributed by atoms with E-state index >= 15 is 0 Å². The standard InChI is InChI=1S/C16H25BrN2/c1-12-5-6-13(9-14(12)17)15(10-18)19-8-4-7-16(2,3)11-19/h5-6,9,15H,4,7-8,10-11,18H2,1-3H3. The summed E-state index contributed by atoms with van der Waals surface area (Å²) in [7, 11) is 0. The Morgan fingerprint density at radius 1 is 1.42 bits per heavy atom. The van der Waals surface area contributed by atoms with Crippen molar-refractivity contribution in [1.29, 1.82) is 0 Å². The zero-order valence-corrected chi connectivity index (χ0v) is 13.8. The zero-order valence-electron chi connectivity index (χ0n) is 12.2. The summed E-state index contributed by atoms with van der Waals surface area (Å²) in [4.78, 5) is 2.56. The molecule has 1 atom stereocenters. The molecule has 2 rings (SSSR count). The number of rotatable bonds is 3. The van der Waals surface area contributed by atoms with Gasteiger partial charge >= 0.3 is 0 Å². The van der Waals surface area contributed by atoms with E-state index in [9.17, 15) is 0 Å². The summed E-state index contributed by atoms with van der Waals surface area (Å²) in [6, 6.07) is 6.97. The minimum Gasteiger partial charge on any atom is -0.329 e. The molecule has 106 valence electrons. The second-order valence-corrected chi connectivity index (χ2v) is 7.35. The number of nitrogens with zero attached hydrogens (tertiary/aromatic N) is 1. The summed E-state index contributed by atoms with van der Waals surface area (Å²) in [5, 5.41) is 0. The lowest BCUT2D eigenvalue weighted by atomic mass is 9.83. The molecule has 1 heterocycles. The topological polar surface area (TPSA) is 29.3 Å². The van der Waals surface area contributed by atoms with Gasteiger partial charge in [-0.25, -0.2) is 0 Å². The lowest BCUT2D eigenvalue weighted by Gasteiger charge is -2.42. The molecule has 19 heavy (non-hydrogen) atoms. The first-order chi connectivity index (χ1) is 8.93. The number of nitrogens with two attached hydrogens (primary N) is 1. The van der Waals surface area contributed by atoms with Gasteiger partial charge in [-0.05, 0) is 48.9 Å². The average Bonchev–Trinajstić information content (AvgIpc) is 2.33. The van der Waals surface area contributed by atoms with E-state index in [4.69, 9.17) is 5.73 Å². The molecule has 0 amide bonds. The van der Waals surface area contributed by atoms with Crippen LogP contribution in [0.2, 0.25) is 0 Å². The molecule has 0 aliphatic carbocycles. The molecule has 2 nitrogen and oxygen atoms in total. The van der Waals surface area contributed by atoms with Crippen molar-refractivity contribution in [2.45, 2.75) is 39.7 Å². The highest BCUT2D eigenvalue weighted by molar-refractivity contribution is 9.10. The molecule has 1 unspecified atom stereocenters. The molecule has 1 aromatic carbocycles. The average molecular weight is 325 g/mol. The monoisotopic (exact) mass is 324 g/mol. The van der Waals surface area contributed by atoms with Crippen molar-refractivity contribution < 1.29 is 0 Å². The Hall–Kier alpha value is -0.380. The van der Waals surface area contributed by atoms with Crippen LogP contribution in [0.25, 0.3) is 0 Å². The van der Waals surface area contributed by atoms with Crippen LogP contribution in [0.4, 0.5) is 0 Å². The van der Waals surface area contributed by atoms with Crippen molar-refractivity contribution in [2.24, 2.45) is 11.1 Å². The van der Waals surface area contributed by atoms with E-state index in [0.717, 1.165) is 13.1 Å². The first-order valence-corrected chi connectivity index (χ1v) is 7.92. The summed E-state index contributed by atoms with van der Waals surface area (Å²) in [5.41, 5.74) is 9.07. The van der Waals surface area contributed by atoms with E-state index in [1.807, 2.05) is 0 Å². The highest BCUT2D eigenvalue weighted by Crippen LogP contribution is 2.34. The minimum atomic E-state index is 0.344. The molecular weight excluding hydrogens is 300 g/mol. The fraction of sp³-hybridized carbons (Fsp3) is 0.625. The van der Waals surface area contributed by atoms with Crippen LogP contribution in [0.1, 0.15) is 43.9 Å². The first kappa shape index (κ1) is 15.0. The summed E-state index contributed by atoms with van der Waals surface area (Å²) < 4.78 is 1.18. The first-order valence-electron chi connectivity index (χ1n) is 7.13. The Morgan fingerprint density at radius 3 is 2.74 bits per heavy atom. The van der Waals surface area contributed by atoms with E-state index < -0.39 is 0 Å². The van der Waals surface area contributed by atoms with E-state index in [2.05, 4.69) is 59.8 Å². The maximum Gasteiger partial charge on any atom is 0.0471 e. The Kier molecular flexibility index (Phi) is 4.70. The van der Waals surface area contributed by atoms with Crippen molar-refractivity contribution in [1.82, 2.24) is 4.90 Å². The van der Waals surface area contributed by atoms with Gasteiger partial charge in [-0.3, -0.25) is 4.90 Å². The summed E-state index contributed by atoms with van der Waals surface area (Å²) >= 11 is 3.63. The van der Waals surface area contributed by atoms with Gasteiger partial charge in [0.2, 0.25) is 0 Å². The Balaban J connectivity index is 2.21. The number of piperidine rings is 1. The van der Waals surface area contributed by atoms with Crippen molar-refractivity contribution in [3.63, 3.8) is 0 Å². The third kappa shape index (κ3) is 3.59. The lowest BCUT2D eigenvalue weighted by Crippen LogP contribution is -2.44. The van der Waals surface area contributed by atoms with E-state index in [0.29, 0.717) is 18.0 Å². The van der Waals surface area contributed by atoms with Gasteiger partial charge in [0, 0.05) is 23.6 Å². The van der Waals surface area contributed by atoms with Gasteiger partial charge < -0.3 is 5.73 Å². The molecule has 0 spiro atoms. The third-order valence-corrected chi connectivity index (χ3v) is 5.03. The molecule has 0 aromatic heterocycles. The van der Waals surface area contributed by atoms with Crippen LogP contribution in [-0.4, -0.2) is 24.5 Å². The number of hydrogen-bond donors (Lipinski definition) is 1. The molecule has 1 fully saturated rings. The fourth-order valence-electron chi connectivity index (χ4n) is 3.05. The smallest absolute Gasteiger partial charge is 0.0471 e. The predicted molar refractivity (Wildman–Crippen MR) is 85.3 cm³/mol. The number of benzene rings is 1. The van der Waals surface area contributed by atoms with Crippen molar-refractivity contribution in [3.05, 3.63) is 33.8 Å². The maximum absolute atomic E-state index is 6.06. The van der Waals surface area contributed by atoms with Crippen molar-refractivity contribution in [3.8, 4) is 0 Å². The SMILES string of the molecule is Cc1ccc(C(CN)N2CCCC(C)(C)C2)cc1Br. The predicted octanol–water partition coefficient (Wildman–Crippen LogP) is 3.88. The molecule has 0 saturated carbocycles. The Morgan fingerprint density at radius 2 is 2.16 bits per heavy atom. The molecule has 0 bridgehead atoms. The zero-order chi connectivity index (χ0) is 14.0. The normalized spacial score (nSPS) is 21.3. The molecule has 0 radical (unpaired) electrons. The number of hydrogen-bond acceptors (Lipinski definition) is 2. The van der Waals surface area contributed by atoms with Crippen LogP contribution in [-0.2, 0) is 0 Å². The minimum absolute atomic E-state index is 0.344. The van der Waals surface area contributed by atoms with E-state index in [1.165, 1.54) is 28.4 Å². The highest BCUT2D eigenvalue weighted by atomic mass is 79.9. The largest absolute Gasteiger partial charge is 0.329 e. The summed E-state index contributed by atoms with van der Waals surface area (Å²) in [6.07, 6.45) is 2.59. The third-order valence-electron chi connectivity index (χ3n) is 4.17. The lowest BCUT2D eigenvalue weighted by molar-refractivity contribution is 0.0806. The van der Waals surface area contributed by atoms with Gasteiger partial charge in [-0.2, -0.15) is 0 Å². The molecule has 1 aliphatic rings. The van der Waals surface area contributed by atoms with Crippen LogP contribution in [0, 0.1) is 12.3 Å². The van der Waals surface area contributed by atoms with Gasteiger partial charge in [0.1, 0.15) is 0 Å². The van der Waals surface area contributed by atoms with E-state index in [1.54, 1.807) is 0 Å². The van der Waals surface area contributed by atoms with Crippen LogP contribution in [0.15, 0.2) is 22.7 Å². The van der Waals surface area contributed by atoms with Crippen LogP contribution in [0.5, 0.6) is 0 Å². The molecule has 2 N–H and O–H groups in total. The number of aryl methyl sites for hydroxylation is 1. The fourth-order valence-corrected chi connectivity index (χ4v) is 3.44. The Labute approximate surface area is 125 Å². The van der Waals surface area contributed by atoms with Crippen molar-refractivity contribution in [2.75, 3.05) is 19.6 Å². The van der Waals surface area contributed by atoms with Gasteiger partial charge in [0.15, 0.2) is 0 Å². The molecular formula is C16H25BrN2. The van der Waals surface area contributed by atoms with E-state index in [-0.39, 0.29) is 0 Å². The van der Waals surface area contributed by atoms with Crippen LogP contribution < -0.4 is 5.73 Å².